The molecule has 0 unspecified atom stereocenters. The van der Waals surface area contributed by atoms with Gasteiger partial charge in [-0.3, -0.25) is 4.79 Å². The first-order valence-corrected chi connectivity index (χ1v) is 5.17. The minimum absolute atomic E-state index is 0.128. The molecule has 0 aliphatic carbocycles. The topological polar surface area (TPSA) is 54.0 Å². The van der Waals surface area contributed by atoms with Crippen LogP contribution in [0.4, 0.5) is 4.39 Å². The second-order valence-corrected chi connectivity index (χ2v) is 3.49. The maximum Gasteiger partial charge on any atom is 0.206 e. The molecule has 0 N–H and O–H groups in total. The second kappa shape index (κ2) is 5.11. The van der Waals surface area contributed by atoms with Crippen molar-refractivity contribution >= 4 is 11.9 Å². The van der Waals surface area contributed by atoms with Gasteiger partial charge in [0.1, 0.15) is 23.2 Å². The molecule has 88 valence electrons. The number of carbonyl (C=O) groups is 1. The van der Waals surface area contributed by atoms with E-state index in [2.05, 4.69) is 0 Å². The zero-order valence-corrected chi connectivity index (χ0v) is 9.26. The predicted octanol–water partition coefficient (Wildman–Crippen LogP) is 3.21. The van der Waals surface area contributed by atoms with Gasteiger partial charge in [-0.05, 0) is 24.3 Å². The fourth-order valence-corrected chi connectivity index (χ4v) is 1.45. The molecule has 1 heterocycles. The Morgan fingerprint density at radius 1 is 1.28 bits per heavy atom. The van der Waals surface area contributed by atoms with Crippen molar-refractivity contribution in [3.05, 3.63) is 65.4 Å². The lowest BCUT2D eigenvalue weighted by Crippen LogP contribution is -2.04. The first-order chi connectivity index (χ1) is 8.72. The summed E-state index contributed by atoms with van der Waals surface area (Å²) in [4.78, 5) is 12.0. The summed E-state index contributed by atoms with van der Waals surface area (Å²) in [6, 6.07) is 10.5. The van der Waals surface area contributed by atoms with Gasteiger partial charge in [-0.1, -0.05) is 12.1 Å². The van der Waals surface area contributed by atoms with Crippen LogP contribution < -0.4 is 0 Å². The monoisotopic (exact) mass is 241 g/mol. The molecule has 0 saturated carbocycles. The molecule has 0 saturated heterocycles. The molecule has 3 nitrogen and oxygen atoms in total. The van der Waals surface area contributed by atoms with Gasteiger partial charge in [0.15, 0.2) is 0 Å². The van der Waals surface area contributed by atoms with E-state index in [4.69, 9.17) is 9.68 Å². The molecular weight excluding hydrogens is 233 g/mol. The third-order valence-corrected chi connectivity index (χ3v) is 2.31. The van der Waals surface area contributed by atoms with Crippen molar-refractivity contribution in [2.45, 2.75) is 0 Å². The zero-order chi connectivity index (χ0) is 13.0. The molecule has 18 heavy (non-hydrogen) atoms. The highest BCUT2D eigenvalue weighted by Gasteiger charge is 2.16. The highest BCUT2D eigenvalue weighted by Crippen LogP contribution is 2.15. The molecule has 1 aromatic carbocycles. The van der Waals surface area contributed by atoms with Gasteiger partial charge < -0.3 is 4.42 Å². The largest absolute Gasteiger partial charge is 0.465 e. The van der Waals surface area contributed by atoms with Gasteiger partial charge in [0.25, 0.3) is 0 Å². The average molecular weight is 241 g/mol. The van der Waals surface area contributed by atoms with Crippen LogP contribution in [0.3, 0.4) is 0 Å². The Morgan fingerprint density at radius 3 is 2.67 bits per heavy atom. The minimum atomic E-state index is -0.660. The molecule has 0 fully saturated rings. The van der Waals surface area contributed by atoms with E-state index in [-0.39, 0.29) is 11.1 Å². The van der Waals surface area contributed by atoms with Crippen molar-refractivity contribution in [3.8, 4) is 6.07 Å². The molecule has 0 spiro atoms. The van der Waals surface area contributed by atoms with E-state index in [1.165, 1.54) is 36.6 Å². The van der Waals surface area contributed by atoms with E-state index in [1.54, 1.807) is 18.2 Å². The van der Waals surface area contributed by atoms with Gasteiger partial charge in [-0.15, -0.1) is 0 Å². The maximum absolute atomic E-state index is 13.4. The van der Waals surface area contributed by atoms with Crippen LogP contribution in [0.5, 0.6) is 0 Å². The van der Waals surface area contributed by atoms with Gasteiger partial charge >= 0.3 is 0 Å². The van der Waals surface area contributed by atoms with Crippen LogP contribution in [0, 0.1) is 17.1 Å². The summed E-state index contributed by atoms with van der Waals surface area (Å²) in [5.74, 6) is -0.939. The number of hydrogen-bond acceptors (Lipinski definition) is 3. The molecule has 0 aliphatic rings. The van der Waals surface area contributed by atoms with E-state index in [0.29, 0.717) is 5.76 Å². The summed E-state index contributed by atoms with van der Waals surface area (Å²) in [7, 11) is 0. The number of rotatable bonds is 3. The van der Waals surface area contributed by atoms with Crippen molar-refractivity contribution in [1.29, 1.82) is 5.26 Å². The normalized spacial score (nSPS) is 11.0. The van der Waals surface area contributed by atoms with Gasteiger partial charge in [-0.25, -0.2) is 4.39 Å². The highest BCUT2D eigenvalue weighted by atomic mass is 19.1. The predicted molar refractivity (Wildman–Crippen MR) is 63.0 cm³/mol. The van der Waals surface area contributed by atoms with Crippen LogP contribution in [0.15, 0.2) is 52.7 Å². The third-order valence-electron chi connectivity index (χ3n) is 2.31. The molecule has 1 aromatic heterocycles. The number of halogens is 1. The molecular formula is C14H8FNO2. The first-order valence-electron chi connectivity index (χ1n) is 5.17. The van der Waals surface area contributed by atoms with Crippen LogP contribution in [-0.2, 0) is 0 Å². The van der Waals surface area contributed by atoms with Crippen LogP contribution >= 0.6 is 0 Å². The second-order valence-electron chi connectivity index (χ2n) is 3.49. The fourth-order valence-electron chi connectivity index (χ4n) is 1.45. The standard InChI is InChI=1S/C14H8FNO2/c15-13-6-2-1-5-12(13)14(17)10(9-16)8-11-4-3-7-18-11/h1-8H/b10-8+. The van der Waals surface area contributed by atoms with Crippen LogP contribution in [0.2, 0.25) is 0 Å². The summed E-state index contributed by atoms with van der Waals surface area (Å²) >= 11 is 0. The summed E-state index contributed by atoms with van der Waals surface area (Å²) in [5, 5.41) is 8.94. The van der Waals surface area contributed by atoms with Crippen LogP contribution in [0.1, 0.15) is 16.1 Å². The lowest BCUT2D eigenvalue weighted by atomic mass is 10.0. The number of furan rings is 1. The summed E-state index contributed by atoms with van der Waals surface area (Å²) < 4.78 is 18.4. The van der Waals surface area contributed by atoms with Gasteiger partial charge in [0, 0.05) is 6.08 Å². The summed E-state index contributed by atoms with van der Waals surface area (Å²) in [6.45, 7) is 0. The first kappa shape index (κ1) is 11.8. The average Bonchev–Trinajstić information content (AvgIpc) is 2.88. The number of nitriles is 1. The third kappa shape index (κ3) is 2.36. The minimum Gasteiger partial charge on any atom is -0.465 e. The quantitative estimate of drug-likeness (QED) is 0.471. The van der Waals surface area contributed by atoms with E-state index in [0.717, 1.165) is 0 Å². The van der Waals surface area contributed by atoms with Gasteiger partial charge in [0.2, 0.25) is 5.78 Å². The highest BCUT2D eigenvalue weighted by molar-refractivity contribution is 6.14. The number of hydrogen-bond donors (Lipinski definition) is 0. The van der Waals surface area contributed by atoms with Crippen LogP contribution in [0.25, 0.3) is 6.08 Å². The molecule has 4 heteroatoms. The lowest BCUT2D eigenvalue weighted by Gasteiger charge is -2.00. The molecule has 0 amide bonds. The number of allylic oxidation sites excluding steroid dienone is 1. The number of Topliss-reactive ketones (excluding diaryl/α,β-unsaturated/α-hetero) is 1. The van der Waals surface area contributed by atoms with Crippen molar-refractivity contribution in [2.75, 3.05) is 0 Å². The number of carbonyl (C=O) groups excluding carboxylic acids is 1. The van der Waals surface area contributed by atoms with E-state index in [1.807, 2.05) is 0 Å². The van der Waals surface area contributed by atoms with Gasteiger partial charge in [-0.2, -0.15) is 5.26 Å². The van der Waals surface area contributed by atoms with Gasteiger partial charge in [0.05, 0.1) is 11.8 Å². The molecule has 0 radical (unpaired) electrons. The molecule has 2 aromatic rings. The summed E-state index contributed by atoms with van der Waals surface area (Å²) in [6.07, 6.45) is 2.71. The molecule has 0 atom stereocenters. The Morgan fingerprint density at radius 2 is 2.06 bits per heavy atom. The Kier molecular flexibility index (Phi) is 3.35. The Labute approximate surface area is 103 Å². The van der Waals surface area contributed by atoms with Crippen molar-refractivity contribution in [1.82, 2.24) is 0 Å². The Balaban J connectivity index is 2.39. The zero-order valence-electron chi connectivity index (χ0n) is 9.26. The smallest absolute Gasteiger partial charge is 0.206 e. The van der Waals surface area contributed by atoms with Crippen molar-refractivity contribution in [2.24, 2.45) is 0 Å². The van der Waals surface area contributed by atoms with E-state index < -0.39 is 11.6 Å². The lowest BCUT2D eigenvalue weighted by molar-refractivity contribution is 0.103. The summed E-state index contributed by atoms with van der Waals surface area (Å²) in [5.41, 5.74) is -0.299. The maximum atomic E-state index is 13.4. The molecule has 2 rings (SSSR count). The Hall–Kier alpha value is -2.67. The number of ketones is 1. The van der Waals surface area contributed by atoms with Crippen LogP contribution in [-0.4, -0.2) is 5.78 Å². The molecule has 0 aliphatic heterocycles. The number of benzene rings is 1. The molecule has 0 bridgehead atoms. The van der Waals surface area contributed by atoms with E-state index >= 15 is 0 Å². The SMILES string of the molecule is N#C/C(=C\c1ccco1)C(=O)c1ccccc1F. The Bertz CT molecular complexity index is 636. The van der Waals surface area contributed by atoms with Crippen molar-refractivity contribution < 1.29 is 13.6 Å². The van der Waals surface area contributed by atoms with E-state index in [9.17, 15) is 9.18 Å². The number of nitrogens with zero attached hydrogens (tertiary/aromatic N) is 1. The van der Waals surface area contributed by atoms with Crippen molar-refractivity contribution in [3.63, 3.8) is 0 Å². The fraction of sp³-hybridized carbons (Fsp3) is 0.